The lowest BCUT2D eigenvalue weighted by Crippen LogP contribution is -1.97. The quantitative estimate of drug-likeness (QED) is 0.670. The lowest BCUT2D eigenvalue weighted by molar-refractivity contribution is 0.414. The van der Waals surface area contributed by atoms with Crippen LogP contribution in [0.15, 0.2) is 35.6 Å². The lowest BCUT2D eigenvalue weighted by atomic mass is 10.2. The fourth-order valence-corrected chi connectivity index (χ4v) is 1.70. The lowest BCUT2D eigenvalue weighted by Gasteiger charge is -2.04. The molecule has 0 spiro atoms. The number of nitrogens with one attached hydrogen (secondary N) is 1. The van der Waals surface area contributed by atoms with Gasteiger partial charge in [0.05, 0.1) is 19.0 Å². The van der Waals surface area contributed by atoms with Gasteiger partial charge < -0.3 is 4.74 Å². The van der Waals surface area contributed by atoms with Crippen LogP contribution in [0.3, 0.4) is 0 Å². The second-order valence-corrected chi connectivity index (χ2v) is 4.35. The molecule has 1 N–H and O–H groups in total. The molecule has 2 aromatic heterocycles. The highest BCUT2D eigenvalue weighted by Gasteiger charge is 1.98. The summed E-state index contributed by atoms with van der Waals surface area (Å²) in [7, 11) is 1.63. The maximum atomic E-state index is 5.18. The van der Waals surface area contributed by atoms with Crippen molar-refractivity contribution in [2.24, 2.45) is 5.10 Å². The van der Waals surface area contributed by atoms with Gasteiger partial charge in [-0.15, -0.1) is 0 Å². The third-order valence-electron chi connectivity index (χ3n) is 2.79. The summed E-state index contributed by atoms with van der Waals surface area (Å²) in [5, 5.41) is 4.13. The van der Waals surface area contributed by atoms with Gasteiger partial charge in [0.2, 0.25) is 0 Å². The molecule has 2 aromatic rings. The molecule has 2 rings (SSSR count). The van der Waals surface area contributed by atoms with E-state index in [1.54, 1.807) is 19.4 Å². The molecule has 0 aliphatic carbocycles. The van der Waals surface area contributed by atoms with Gasteiger partial charge in [0, 0.05) is 24.0 Å². The highest BCUT2D eigenvalue weighted by Crippen LogP contribution is 2.16. The van der Waals surface area contributed by atoms with Crippen LogP contribution in [0.4, 0.5) is 5.82 Å². The van der Waals surface area contributed by atoms with Crippen molar-refractivity contribution >= 4 is 12.0 Å². The second kappa shape index (κ2) is 6.65. The van der Waals surface area contributed by atoms with Crippen LogP contribution in [-0.4, -0.2) is 23.3 Å². The first kappa shape index (κ1) is 14.0. The molecule has 0 bridgehead atoms. The Morgan fingerprint density at radius 2 is 2.20 bits per heavy atom. The van der Waals surface area contributed by atoms with E-state index in [0.717, 1.165) is 23.6 Å². The third kappa shape index (κ3) is 3.78. The number of aryl methyl sites for hydroxylation is 2. The molecule has 0 saturated heterocycles. The maximum absolute atomic E-state index is 5.18. The molecule has 0 aromatic carbocycles. The van der Waals surface area contributed by atoms with Gasteiger partial charge in [0.1, 0.15) is 11.6 Å². The van der Waals surface area contributed by atoms with E-state index in [1.807, 2.05) is 31.3 Å². The van der Waals surface area contributed by atoms with Crippen LogP contribution in [-0.2, 0) is 6.42 Å². The molecule has 20 heavy (non-hydrogen) atoms. The van der Waals surface area contributed by atoms with E-state index < -0.39 is 0 Å². The number of rotatable bonds is 5. The van der Waals surface area contributed by atoms with Crippen LogP contribution in [0.25, 0.3) is 0 Å². The van der Waals surface area contributed by atoms with Crippen molar-refractivity contribution in [2.75, 3.05) is 12.5 Å². The minimum Gasteiger partial charge on any atom is -0.497 e. The van der Waals surface area contributed by atoms with E-state index >= 15 is 0 Å². The number of pyridine rings is 2. The summed E-state index contributed by atoms with van der Waals surface area (Å²) in [4.78, 5) is 8.61. The smallest absolute Gasteiger partial charge is 0.150 e. The predicted octanol–water partition coefficient (Wildman–Crippen LogP) is 2.80. The number of hydrazone groups is 1. The van der Waals surface area contributed by atoms with Crippen LogP contribution in [0.2, 0.25) is 0 Å². The highest BCUT2D eigenvalue weighted by molar-refractivity contribution is 5.77. The Labute approximate surface area is 118 Å². The minimum atomic E-state index is 0.642. The largest absolute Gasteiger partial charge is 0.497 e. The van der Waals surface area contributed by atoms with E-state index in [2.05, 4.69) is 27.4 Å². The first-order valence-corrected chi connectivity index (χ1v) is 6.48. The Morgan fingerprint density at radius 1 is 1.35 bits per heavy atom. The van der Waals surface area contributed by atoms with Gasteiger partial charge in [-0.3, -0.25) is 10.4 Å². The Bertz CT molecular complexity index is 593. The molecule has 104 valence electrons. The molecule has 0 radical (unpaired) electrons. The summed E-state index contributed by atoms with van der Waals surface area (Å²) in [6.07, 6.45) is 4.50. The zero-order chi connectivity index (χ0) is 14.4. The minimum absolute atomic E-state index is 0.642. The Kier molecular flexibility index (Phi) is 4.65. The van der Waals surface area contributed by atoms with Gasteiger partial charge in [0.15, 0.2) is 0 Å². The Balaban J connectivity index is 2.03. The number of anilines is 1. The topological polar surface area (TPSA) is 59.4 Å². The van der Waals surface area contributed by atoms with Crippen LogP contribution >= 0.6 is 0 Å². The Morgan fingerprint density at radius 3 is 2.85 bits per heavy atom. The fourth-order valence-electron chi connectivity index (χ4n) is 1.70. The summed E-state index contributed by atoms with van der Waals surface area (Å²) in [5.41, 5.74) is 5.75. The molecule has 2 heterocycles. The number of hydrogen-bond donors (Lipinski definition) is 1. The monoisotopic (exact) mass is 270 g/mol. The number of ether oxygens (including phenoxy) is 1. The number of nitrogens with zero attached hydrogens (tertiary/aromatic N) is 3. The zero-order valence-corrected chi connectivity index (χ0v) is 11.9. The molecule has 5 heteroatoms. The second-order valence-electron chi connectivity index (χ2n) is 4.35. The van der Waals surface area contributed by atoms with Gasteiger partial charge in [-0.2, -0.15) is 5.10 Å². The van der Waals surface area contributed by atoms with Crippen LogP contribution in [0.1, 0.15) is 23.9 Å². The van der Waals surface area contributed by atoms with Gasteiger partial charge in [-0.25, -0.2) is 4.98 Å². The number of hydrogen-bond acceptors (Lipinski definition) is 5. The molecule has 0 aliphatic heterocycles. The first-order chi connectivity index (χ1) is 9.71. The van der Waals surface area contributed by atoms with E-state index in [0.29, 0.717) is 5.82 Å². The molecule has 5 nitrogen and oxygen atoms in total. The van der Waals surface area contributed by atoms with E-state index in [-0.39, 0.29) is 0 Å². The fraction of sp³-hybridized carbons (Fsp3) is 0.267. The Hall–Kier alpha value is -2.43. The predicted molar refractivity (Wildman–Crippen MR) is 80.4 cm³/mol. The van der Waals surface area contributed by atoms with E-state index in [4.69, 9.17) is 4.74 Å². The third-order valence-corrected chi connectivity index (χ3v) is 2.79. The molecule has 0 unspecified atom stereocenters. The molecule has 0 amide bonds. The maximum Gasteiger partial charge on any atom is 0.150 e. The average molecular weight is 270 g/mol. The summed E-state index contributed by atoms with van der Waals surface area (Å²) in [5.74, 6) is 1.39. The van der Waals surface area contributed by atoms with Crippen molar-refractivity contribution in [1.29, 1.82) is 0 Å². The van der Waals surface area contributed by atoms with Crippen molar-refractivity contribution < 1.29 is 4.74 Å². The van der Waals surface area contributed by atoms with Crippen LogP contribution in [0.5, 0.6) is 5.75 Å². The van der Waals surface area contributed by atoms with Gasteiger partial charge in [-0.05, 0) is 25.0 Å². The van der Waals surface area contributed by atoms with Crippen molar-refractivity contribution in [3.63, 3.8) is 0 Å². The van der Waals surface area contributed by atoms with Crippen molar-refractivity contribution in [3.05, 3.63) is 47.4 Å². The van der Waals surface area contributed by atoms with Gasteiger partial charge >= 0.3 is 0 Å². The SMILES string of the molecule is CCc1ccc(/C=N/Nc2cc(OC)cc(C)n2)nc1. The van der Waals surface area contributed by atoms with Crippen LogP contribution < -0.4 is 10.2 Å². The molecule has 0 aliphatic rings. The van der Waals surface area contributed by atoms with Crippen molar-refractivity contribution in [2.45, 2.75) is 20.3 Å². The molecular weight excluding hydrogens is 252 g/mol. The standard InChI is InChI=1S/C15H18N4O/c1-4-12-5-6-13(16-9-12)10-17-19-15-8-14(20-3)7-11(2)18-15/h5-10H,4H2,1-3H3,(H,18,19)/b17-10+. The number of aromatic nitrogens is 2. The molecule has 0 atom stereocenters. The molecule has 0 fully saturated rings. The molecular formula is C15H18N4O. The van der Waals surface area contributed by atoms with Gasteiger partial charge in [-0.1, -0.05) is 13.0 Å². The summed E-state index contributed by atoms with van der Waals surface area (Å²) < 4.78 is 5.18. The summed E-state index contributed by atoms with van der Waals surface area (Å²) >= 11 is 0. The molecule has 0 saturated carbocycles. The summed E-state index contributed by atoms with van der Waals surface area (Å²) in [6, 6.07) is 7.63. The van der Waals surface area contributed by atoms with Crippen molar-refractivity contribution in [1.82, 2.24) is 9.97 Å². The van der Waals surface area contributed by atoms with E-state index in [1.165, 1.54) is 5.56 Å². The van der Waals surface area contributed by atoms with Crippen LogP contribution in [0, 0.1) is 6.92 Å². The van der Waals surface area contributed by atoms with Gasteiger partial charge in [0.25, 0.3) is 0 Å². The normalized spacial score (nSPS) is 10.8. The first-order valence-electron chi connectivity index (χ1n) is 6.48. The average Bonchev–Trinajstić information content (AvgIpc) is 2.47. The van der Waals surface area contributed by atoms with E-state index in [9.17, 15) is 0 Å². The zero-order valence-electron chi connectivity index (χ0n) is 11.9. The van der Waals surface area contributed by atoms with Crippen molar-refractivity contribution in [3.8, 4) is 5.75 Å². The summed E-state index contributed by atoms with van der Waals surface area (Å²) in [6.45, 7) is 4.01. The highest BCUT2D eigenvalue weighted by atomic mass is 16.5. The number of methoxy groups -OCH3 is 1.